The zero-order valence-electron chi connectivity index (χ0n) is 10.1. The highest BCUT2D eigenvalue weighted by Gasteiger charge is 2.10. The first-order chi connectivity index (χ1) is 8.13. The molecule has 0 amide bonds. The van der Waals surface area contributed by atoms with Crippen molar-refractivity contribution < 1.29 is 14.3 Å². The number of carbonyl (C=O) groups excluding carboxylic acids is 1. The molecule has 3 nitrogen and oxygen atoms in total. The third-order valence-corrected chi connectivity index (χ3v) is 2.51. The lowest BCUT2D eigenvalue weighted by Gasteiger charge is -2.13. The molecule has 0 N–H and O–H groups in total. The normalized spacial score (nSPS) is 10.4. The van der Waals surface area contributed by atoms with Crippen molar-refractivity contribution in [2.45, 2.75) is 32.8 Å². The number of alkyl halides is 1. The van der Waals surface area contributed by atoms with E-state index in [0.29, 0.717) is 17.9 Å². The van der Waals surface area contributed by atoms with E-state index in [0.717, 1.165) is 11.8 Å². The van der Waals surface area contributed by atoms with Crippen LogP contribution in [0.3, 0.4) is 0 Å². The first kappa shape index (κ1) is 14.0. The third-order valence-electron chi connectivity index (χ3n) is 1.95. The van der Waals surface area contributed by atoms with E-state index in [9.17, 15) is 4.79 Å². The van der Waals surface area contributed by atoms with E-state index in [1.54, 1.807) is 12.1 Å². The second-order valence-electron chi connectivity index (χ2n) is 3.88. The smallest absolute Gasteiger partial charge is 0.311 e. The summed E-state index contributed by atoms with van der Waals surface area (Å²) >= 11 is 3.28. The standard InChI is InChI=1S/C13H17BrO3/c1-10(2)16-11-6-3-4-7-12(11)17-13(15)8-5-9-14/h3-4,6-7,10H,5,8-9H2,1-2H3. The predicted molar refractivity (Wildman–Crippen MR) is 70.9 cm³/mol. The van der Waals surface area contributed by atoms with E-state index in [2.05, 4.69) is 15.9 Å². The van der Waals surface area contributed by atoms with Crippen LogP contribution in [0.1, 0.15) is 26.7 Å². The molecule has 17 heavy (non-hydrogen) atoms. The highest BCUT2D eigenvalue weighted by molar-refractivity contribution is 9.09. The van der Waals surface area contributed by atoms with E-state index in [-0.39, 0.29) is 12.1 Å². The van der Waals surface area contributed by atoms with E-state index in [1.807, 2.05) is 26.0 Å². The van der Waals surface area contributed by atoms with Crippen molar-refractivity contribution in [3.63, 3.8) is 0 Å². The maximum absolute atomic E-state index is 11.5. The van der Waals surface area contributed by atoms with Gasteiger partial charge in [-0.15, -0.1) is 0 Å². The van der Waals surface area contributed by atoms with Gasteiger partial charge in [-0.2, -0.15) is 0 Å². The second-order valence-corrected chi connectivity index (χ2v) is 4.67. The van der Waals surface area contributed by atoms with Gasteiger partial charge in [0, 0.05) is 11.8 Å². The quantitative estimate of drug-likeness (QED) is 0.458. The highest BCUT2D eigenvalue weighted by atomic mass is 79.9. The second kappa shape index (κ2) is 7.33. The Labute approximate surface area is 110 Å². The van der Waals surface area contributed by atoms with Crippen molar-refractivity contribution in [3.05, 3.63) is 24.3 Å². The van der Waals surface area contributed by atoms with Crippen LogP contribution in [0.4, 0.5) is 0 Å². The first-order valence-corrected chi connectivity index (χ1v) is 6.78. The van der Waals surface area contributed by atoms with Crippen LogP contribution in [0.5, 0.6) is 11.5 Å². The van der Waals surface area contributed by atoms with Crippen molar-refractivity contribution in [2.75, 3.05) is 5.33 Å². The maximum atomic E-state index is 11.5. The van der Waals surface area contributed by atoms with Gasteiger partial charge in [0.05, 0.1) is 6.10 Å². The minimum absolute atomic E-state index is 0.0531. The molecular weight excluding hydrogens is 284 g/mol. The molecule has 1 aromatic rings. The molecule has 0 saturated heterocycles. The Morgan fingerprint density at radius 3 is 2.53 bits per heavy atom. The average Bonchev–Trinajstić information content (AvgIpc) is 2.28. The van der Waals surface area contributed by atoms with Crippen LogP contribution >= 0.6 is 15.9 Å². The summed E-state index contributed by atoms with van der Waals surface area (Å²) < 4.78 is 10.8. The van der Waals surface area contributed by atoms with Gasteiger partial charge < -0.3 is 9.47 Å². The van der Waals surface area contributed by atoms with Crippen molar-refractivity contribution in [1.82, 2.24) is 0 Å². The molecule has 0 spiro atoms. The molecule has 1 aromatic carbocycles. The van der Waals surface area contributed by atoms with Gasteiger partial charge in [-0.25, -0.2) is 0 Å². The van der Waals surface area contributed by atoms with Crippen LogP contribution in [0.2, 0.25) is 0 Å². The van der Waals surface area contributed by atoms with Crippen LogP contribution in [0, 0.1) is 0 Å². The summed E-state index contributed by atoms with van der Waals surface area (Å²) in [7, 11) is 0. The van der Waals surface area contributed by atoms with Gasteiger partial charge in [0.2, 0.25) is 0 Å². The summed E-state index contributed by atoms with van der Waals surface area (Å²) in [4.78, 5) is 11.5. The fourth-order valence-corrected chi connectivity index (χ4v) is 1.55. The Bertz CT molecular complexity index is 363. The van der Waals surface area contributed by atoms with Crippen molar-refractivity contribution in [3.8, 4) is 11.5 Å². The third kappa shape index (κ3) is 5.22. The Balaban J connectivity index is 2.66. The summed E-state index contributed by atoms with van der Waals surface area (Å²) in [6.07, 6.45) is 1.23. The number of rotatable bonds is 6. The molecule has 0 heterocycles. The van der Waals surface area contributed by atoms with Crippen molar-refractivity contribution in [2.24, 2.45) is 0 Å². The minimum atomic E-state index is -0.232. The molecule has 94 valence electrons. The summed E-state index contributed by atoms with van der Waals surface area (Å²) in [5.41, 5.74) is 0. The van der Waals surface area contributed by atoms with Gasteiger partial charge in [0.15, 0.2) is 11.5 Å². The largest absolute Gasteiger partial charge is 0.487 e. The molecular formula is C13H17BrO3. The molecule has 0 atom stereocenters. The fraction of sp³-hybridized carbons (Fsp3) is 0.462. The average molecular weight is 301 g/mol. The Morgan fingerprint density at radius 2 is 1.94 bits per heavy atom. The number of esters is 1. The fourth-order valence-electron chi connectivity index (χ4n) is 1.27. The predicted octanol–water partition coefficient (Wildman–Crippen LogP) is 3.55. The van der Waals surface area contributed by atoms with Crippen LogP contribution in [0.15, 0.2) is 24.3 Å². The molecule has 1 rings (SSSR count). The number of hydrogen-bond acceptors (Lipinski definition) is 3. The van der Waals surface area contributed by atoms with E-state index in [1.165, 1.54) is 0 Å². The molecule has 0 saturated carbocycles. The molecule has 0 unspecified atom stereocenters. The Morgan fingerprint density at radius 1 is 1.29 bits per heavy atom. The SMILES string of the molecule is CC(C)Oc1ccccc1OC(=O)CCCBr. The van der Waals surface area contributed by atoms with Crippen LogP contribution in [-0.4, -0.2) is 17.4 Å². The lowest BCUT2D eigenvalue weighted by atomic mass is 10.3. The van der Waals surface area contributed by atoms with Gasteiger partial charge in [-0.1, -0.05) is 28.1 Å². The van der Waals surface area contributed by atoms with Crippen LogP contribution in [0.25, 0.3) is 0 Å². The molecule has 0 aliphatic rings. The van der Waals surface area contributed by atoms with Crippen LogP contribution in [-0.2, 0) is 4.79 Å². The zero-order chi connectivity index (χ0) is 12.7. The van der Waals surface area contributed by atoms with Gasteiger partial charge in [-0.3, -0.25) is 4.79 Å². The zero-order valence-corrected chi connectivity index (χ0v) is 11.7. The molecule has 0 bridgehead atoms. The number of hydrogen-bond donors (Lipinski definition) is 0. The minimum Gasteiger partial charge on any atom is -0.487 e. The molecule has 0 aliphatic heterocycles. The highest BCUT2D eigenvalue weighted by Crippen LogP contribution is 2.27. The monoisotopic (exact) mass is 300 g/mol. The molecule has 0 radical (unpaired) electrons. The van der Waals surface area contributed by atoms with E-state index >= 15 is 0 Å². The van der Waals surface area contributed by atoms with E-state index < -0.39 is 0 Å². The molecule has 4 heteroatoms. The lowest BCUT2D eigenvalue weighted by molar-refractivity contribution is -0.134. The number of ether oxygens (including phenoxy) is 2. The Hall–Kier alpha value is -1.03. The summed E-state index contributed by atoms with van der Waals surface area (Å²) in [6, 6.07) is 7.21. The van der Waals surface area contributed by atoms with E-state index in [4.69, 9.17) is 9.47 Å². The van der Waals surface area contributed by atoms with Crippen molar-refractivity contribution >= 4 is 21.9 Å². The number of halogens is 1. The van der Waals surface area contributed by atoms with Crippen molar-refractivity contribution in [1.29, 1.82) is 0 Å². The van der Waals surface area contributed by atoms with Gasteiger partial charge in [-0.05, 0) is 32.4 Å². The summed E-state index contributed by atoms with van der Waals surface area (Å²) in [5.74, 6) is 0.861. The molecule has 0 aliphatic carbocycles. The van der Waals surface area contributed by atoms with Gasteiger partial charge in [0.1, 0.15) is 0 Å². The molecule has 0 fully saturated rings. The van der Waals surface area contributed by atoms with Gasteiger partial charge in [0.25, 0.3) is 0 Å². The molecule has 0 aromatic heterocycles. The summed E-state index contributed by atoms with van der Waals surface area (Å²) in [5, 5.41) is 0.798. The lowest BCUT2D eigenvalue weighted by Crippen LogP contribution is -2.11. The van der Waals surface area contributed by atoms with Crippen LogP contribution < -0.4 is 9.47 Å². The topological polar surface area (TPSA) is 35.5 Å². The first-order valence-electron chi connectivity index (χ1n) is 5.66. The summed E-state index contributed by atoms with van der Waals surface area (Å²) in [6.45, 7) is 3.87. The number of carbonyl (C=O) groups is 1. The number of para-hydroxylation sites is 2. The Kier molecular flexibility index (Phi) is 6.05. The number of benzene rings is 1. The maximum Gasteiger partial charge on any atom is 0.311 e. The van der Waals surface area contributed by atoms with Gasteiger partial charge >= 0.3 is 5.97 Å².